The van der Waals surface area contributed by atoms with Crippen molar-refractivity contribution in [2.24, 2.45) is 5.10 Å². The first-order valence-electron chi connectivity index (χ1n) is 12.4. The number of hydrogen-bond donors (Lipinski definition) is 0. The second-order valence-electron chi connectivity index (χ2n) is 9.35. The molecular formula is C30H30BrN3O5. The minimum atomic E-state index is -0.765. The highest BCUT2D eigenvalue weighted by Gasteiger charge is 2.19. The molecule has 0 saturated carbocycles. The Bertz CT molecular complexity index is 1630. The Balaban J connectivity index is 1.82. The van der Waals surface area contributed by atoms with Gasteiger partial charge in [-0.25, -0.2) is 9.78 Å². The fraction of sp³-hybridized carbons (Fsp3) is 0.267. The van der Waals surface area contributed by atoms with E-state index in [1.165, 1.54) is 11.8 Å². The van der Waals surface area contributed by atoms with Crippen LogP contribution < -0.4 is 15.0 Å². The van der Waals surface area contributed by atoms with Crippen LogP contribution in [0.2, 0.25) is 0 Å². The molecule has 1 heterocycles. The van der Waals surface area contributed by atoms with E-state index in [1.807, 2.05) is 31.2 Å². The summed E-state index contributed by atoms with van der Waals surface area (Å²) in [6, 6.07) is 16.5. The average molecular weight is 592 g/mol. The predicted octanol–water partition coefficient (Wildman–Crippen LogP) is 6.09. The van der Waals surface area contributed by atoms with Crippen molar-refractivity contribution in [3.05, 3.63) is 86.1 Å². The maximum absolute atomic E-state index is 13.6. The summed E-state index contributed by atoms with van der Waals surface area (Å²) in [6.07, 6.45) is 0.820. The van der Waals surface area contributed by atoms with Crippen molar-refractivity contribution in [2.75, 3.05) is 14.2 Å². The Hall–Kier alpha value is -3.98. The zero-order valence-corrected chi connectivity index (χ0v) is 24.3. The third-order valence-electron chi connectivity index (χ3n) is 6.31. The molecule has 4 aromatic rings. The minimum absolute atomic E-state index is 0.198. The number of esters is 1. The third kappa shape index (κ3) is 5.88. The van der Waals surface area contributed by atoms with Crippen LogP contribution in [-0.2, 0) is 9.53 Å². The van der Waals surface area contributed by atoms with E-state index in [0.29, 0.717) is 32.5 Å². The number of ether oxygens (including phenoxy) is 3. The summed E-state index contributed by atoms with van der Waals surface area (Å²) < 4.78 is 18.0. The Morgan fingerprint density at radius 1 is 1.05 bits per heavy atom. The van der Waals surface area contributed by atoms with Crippen LogP contribution in [0.3, 0.4) is 0 Å². The summed E-state index contributed by atoms with van der Waals surface area (Å²) in [4.78, 5) is 30.2. The lowest BCUT2D eigenvalue weighted by molar-refractivity contribution is -0.147. The molecule has 0 radical (unpaired) electrons. The number of hydrogen-bond acceptors (Lipinski definition) is 7. The lowest BCUT2D eigenvalue weighted by Gasteiger charge is -2.17. The van der Waals surface area contributed by atoms with E-state index in [1.54, 1.807) is 50.6 Å². The van der Waals surface area contributed by atoms with E-state index >= 15 is 0 Å². The van der Waals surface area contributed by atoms with Gasteiger partial charge in [0.15, 0.2) is 11.9 Å². The summed E-state index contributed by atoms with van der Waals surface area (Å²) >= 11 is 3.48. The molecule has 1 atom stereocenters. The molecule has 202 valence electrons. The van der Waals surface area contributed by atoms with Gasteiger partial charge in [0, 0.05) is 5.56 Å². The van der Waals surface area contributed by atoms with Crippen molar-refractivity contribution in [1.29, 1.82) is 0 Å². The number of fused-ring (bicyclic) bond motifs is 1. The topological polar surface area (TPSA) is 92.0 Å². The van der Waals surface area contributed by atoms with Crippen molar-refractivity contribution in [1.82, 2.24) is 9.66 Å². The summed E-state index contributed by atoms with van der Waals surface area (Å²) in [5, 5.41) is 5.05. The van der Waals surface area contributed by atoms with Gasteiger partial charge in [0.1, 0.15) is 11.5 Å². The normalized spacial score (nSPS) is 12.2. The SMILES string of the molecule is COC(=O)[C@H](C)Oc1ccc(C=Nn2c(-c3cc(C(C)C)c(OC)cc3C)nc3ccccc3c2=O)cc1Br. The number of aromatic nitrogens is 2. The van der Waals surface area contributed by atoms with Crippen LogP contribution in [-0.4, -0.2) is 42.2 Å². The number of benzene rings is 3. The molecule has 0 aliphatic heterocycles. The monoisotopic (exact) mass is 591 g/mol. The highest BCUT2D eigenvalue weighted by molar-refractivity contribution is 9.10. The molecule has 3 aromatic carbocycles. The van der Waals surface area contributed by atoms with Crippen molar-refractivity contribution >= 4 is 39.0 Å². The first kappa shape index (κ1) is 28.0. The van der Waals surface area contributed by atoms with E-state index in [-0.39, 0.29) is 11.5 Å². The first-order valence-corrected chi connectivity index (χ1v) is 13.2. The molecule has 0 spiro atoms. The summed E-state index contributed by atoms with van der Waals surface area (Å²) in [5.74, 6) is 1.42. The summed E-state index contributed by atoms with van der Waals surface area (Å²) in [6.45, 7) is 7.75. The lowest BCUT2D eigenvalue weighted by Crippen LogP contribution is -2.25. The molecule has 0 N–H and O–H groups in total. The molecule has 39 heavy (non-hydrogen) atoms. The van der Waals surface area contributed by atoms with Gasteiger partial charge in [0.05, 0.1) is 35.8 Å². The van der Waals surface area contributed by atoms with Crippen molar-refractivity contribution in [3.63, 3.8) is 0 Å². The Morgan fingerprint density at radius 2 is 1.79 bits per heavy atom. The van der Waals surface area contributed by atoms with E-state index in [2.05, 4.69) is 34.9 Å². The number of nitrogens with zero attached hydrogens (tertiary/aromatic N) is 3. The second-order valence-corrected chi connectivity index (χ2v) is 10.2. The fourth-order valence-corrected chi connectivity index (χ4v) is 4.68. The Labute approximate surface area is 235 Å². The van der Waals surface area contributed by atoms with Crippen LogP contribution >= 0.6 is 15.9 Å². The minimum Gasteiger partial charge on any atom is -0.496 e. The standard InChI is InChI=1S/C30H30BrN3O5/c1-17(2)22-15-23(18(3)13-27(22)37-5)28-33-25-10-8-7-9-21(25)29(35)34(28)32-16-20-11-12-26(24(31)14-20)39-19(4)30(36)38-6/h7-17,19H,1-6H3/t19-/m0/s1. The quantitative estimate of drug-likeness (QED) is 0.182. The number of rotatable bonds is 8. The smallest absolute Gasteiger partial charge is 0.346 e. The van der Waals surface area contributed by atoms with Crippen LogP contribution in [0.15, 0.2) is 69.0 Å². The number of methoxy groups -OCH3 is 2. The van der Waals surface area contributed by atoms with Crippen LogP contribution in [0.4, 0.5) is 0 Å². The lowest BCUT2D eigenvalue weighted by atomic mass is 9.96. The fourth-order valence-electron chi connectivity index (χ4n) is 4.19. The number of aryl methyl sites for hydroxylation is 1. The highest BCUT2D eigenvalue weighted by Crippen LogP contribution is 2.34. The van der Waals surface area contributed by atoms with Gasteiger partial charge in [0.25, 0.3) is 5.56 Å². The largest absolute Gasteiger partial charge is 0.496 e. The van der Waals surface area contributed by atoms with E-state index in [0.717, 1.165) is 22.4 Å². The zero-order valence-electron chi connectivity index (χ0n) is 22.7. The van der Waals surface area contributed by atoms with Crippen LogP contribution in [0.5, 0.6) is 11.5 Å². The van der Waals surface area contributed by atoms with Gasteiger partial charge >= 0.3 is 5.97 Å². The van der Waals surface area contributed by atoms with Crippen LogP contribution in [0.25, 0.3) is 22.3 Å². The molecule has 0 unspecified atom stereocenters. The van der Waals surface area contributed by atoms with Gasteiger partial charge in [0.2, 0.25) is 0 Å². The second kappa shape index (κ2) is 11.8. The number of carbonyl (C=O) groups is 1. The number of carbonyl (C=O) groups excluding carboxylic acids is 1. The number of halogens is 1. The zero-order chi connectivity index (χ0) is 28.3. The van der Waals surface area contributed by atoms with Gasteiger partial charge in [-0.2, -0.15) is 9.78 Å². The van der Waals surface area contributed by atoms with E-state index in [9.17, 15) is 9.59 Å². The Morgan fingerprint density at radius 3 is 2.46 bits per heavy atom. The molecule has 0 aliphatic rings. The van der Waals surface area contributed by atoms with Gasteiger partial charge in [-0.3, -0.25) is 4.79 Å². The molecule has 0 amide bonds. The third-order valence-corrected chi connectivity index (χ3v) is 6.93. The van der Waals surface area contributed by atoms with Crippen LogP contribution in [0, 0.1) is 6.92 Å². The average Bonchev–Trinajstić information content (AvgIpc) is 2.92. The van der Waals surface area contributed by atoms with E-state index in [4.69, 9.17) is 19.2 Å². The van der Waals surface area contributed by atoms with Crippen molar-refractivity contribution in [3.8, 4) is 22.9 Å². The highest BCUT2D eigenvalue weighted by atomic mass is 79.9. The molecule has 8 nitrogen and oxygen atoms in total. The molecule has 0 saturated heterocycles. The maximum atomic E-state index is 13.6. The molecule has 0 aliphatic carbocycles. The van der Waals surface area contributed by atoms with Crippen LogP contribution in [0.1, 0.15) is 43.4 Å². The maximum Gasteiger partial charge on any atom is 0.346 e. The van der Waals surface area contributed by atoms with E-state index < -0.39 is 12.1 Å². The molecule has 1 aromatic heterocycles. The molecule has 0 fully saturated rings. The first-order chi connectivity index (χ1) is 18.6. The summed E-state index contributed by atoms with van der Waals surface area (Å²) in [5.41, 5.74) is 3.73. The van der Waals surface area contributed by atoms with Gasteiger partial charge in [-0.1, -0.05) is 26.0 Å². The number of para-hydroxylation sites is 1. The Kier molecular flexibility index (Phi) is 8.50. The van der Waals surface area contributed by atoms with Gasteiger partial charge < -0.3 is 14.2 Å². The molecular weight excluding hydrogens is 562 g/mol. The summed E-state index contributed by atoms with van der Waals surface area (Å²) in [7, 11) is 2.96. The predicted molar refractivity (Wildman–Crippen MR) is 156 cm³/mol. The molecule has 4 rings (SSSR count). The molecule has 9 heteroatoms. The molecule has 0 bridgehead atoms. The van der Waals surface area contributed by atoms with Gasteiger partial charge in [-0.15, -0.1) is 0 Å². The van der Waals surface area contributed by atoms with Crippen molar-refractivity contribution in [2.45, 2.75) is 39.7 Å². The van der Waals surface area contributed by atoms with Gasteiger partial charge in [-0.05, 0) is 94.9 Å². The van der Waals surface area contributed by atoms with Crippen molar-refractivity contribution < 1.29 is 19.0 Å².